The molecule has 1 N–H and O–H groups in total. The minimum absolute atomic E-state index is 0.127. The second-order valence-corrected chi connectivity index (χ2v) is 7.72. The molecule has 0 radical (unpaired) electrons. The maximum absolute atomic E-state index is 13.3. The summed E-state index contributed by atoms with van der Waals surface area (Å²) in [6, 6.07) is 15.3. The number of nitrogens with one attached hydrogen (secondary N) is 1. The first-order valence-corrected chi connectivity index (χ1v) is 9.95. The van der Waals surface area contributed by atoms with E-state index in [2.05, 4.69) is 5.32 Å². The third-order valence-electron chi connectivity index (χ3n) is 5.16. The van der Waals surface area contributed by atoms with Crippen molar-refractivity contribution in [3.63, 3.8) is 0 Å². The van der Waals surface area contributed by atoms with Crippen LogP contribution < -0.4 is 10.2 Å². The van der Waals surface area contributed by atoms with Crippen LogP contribution in [-0.4, -0.2) is 35.3 Å². The van der Waals surface area contributed by atoms with Gasteiger partial charge < -0.3 is 10.2 Å². The number of hydrogen-bond donors (Lipinski definition) is 1. The van der Waals surface area contributed by atoms with E-state index < -0.39 is 17.5 Å². The van der Waals surface area contributed by atoms with Crippen LogP contribution in [0, 0.1) is 0 Å². The molecule has 6 nitrogen and oxygen atoms in total. The Bertz CT molecular complexity index is 915. The molecule has 1 saturated heterocycles. The first-order valence-electron chi connectivity index (χ1n) is 9.57. The van der Waals surface area contributed by atoms with E-state index in [0.29, 0.717) is 17.0 Å². The highest BCUT2D eigenvalue weighted by atomic mass is 35.5. The first-order chi connectivity index (χ1) is 13.8. The molecule has 7 heteroatoms. The van der Waals surface area contributed by atoms with E-state index in [1.54, 1.807) is 29.2 Å². The Labute approximate surface area is 175 Å². The lowest BCUT2D eigenvalue weighted by Gasteiger charge is -2.29. The van der Waals surface area contributed by atoms with Crippen LogP contribution in [0.15, 0.2) is 54.6 Å². The van der Waals surface area contributed by atoms with E-state index in [9.17, 15) is 14.4 Å². The predicted octanol–water partition coefficient (Wildman–Crippen LogP) is 3.94. The number of para-hydroxylation sites is 1. The number of benzene rings is 2. The summed E-state index contributed by atoms with van der Waals surface area (Å²) in [6.07, 6.45) is 0.358. The zero-order valence-electron chi connectivity index (χ0n) is 16.7. The van der Waals surface area contributed by atoms with E-state index >= 15 is 0 Å². The summed E-state index contributed by atoms with van der Waals surface area (Å²) in [4.78, 5) is 41.6. The maximum Gasteiger partial charge on any atom is 0.325 e. The topological polar surface area (TPSA) is 69.7 Å². The molecule has 0 bridgehead atoms. The number of rotatable bonds is 6. The summed E-state index contributed by atoms with van der Waals surface area (Å²) in [7, 11) is 0. The molecule has 1 fully saturated rings. The van der Waals surface area contributed by atoms with Gasteiger partial charge in [-0.05, 0) is 50.1 Å². The van der Waals surface area contributed by atoms with Gasteiger partial charge in [-0.3, -0.25) is 14.5 Å². The molecule has 2 aromatic carbocycles. The zero-order valence-corrected chi connectivity index (χ0v) is 17.4. The molecular weight excluding hydrogens is 390 g/mol. The summed E-state index contributed by atoms with van der Waals surface area (Å²) in [5.74, 6) is -0.754. The quantitative estimate of drug-likeness (QED) is 0.729. The molecule has 1 heterocycles. The Morgan fingerprint density at radius 1 is 1.10 bits per heavy atom. The number of imide groups is 1. The lowest BCUT2D eigenvalue weighted by atomic mass is 9.87. The van der Waals surface area contributed by atoms with Crippen LogP contribution in [0.2, 0.25) is 5.02 Å². The van der Waals surface area contributed by atoms with Gasteiger partial charge >= 0.3 is 6.03 Å². The largest absolute Gasteiger partial charge is 0.325 e. The highest BCUT2D eigenvalue weighted by molar-refractivity contribution is 6.30. The van der Waals surface area contributed by atoms with Gasteiger partial charge in [0.05, 0.1) is 0 Å². The molecule has 2 aromatic rings. The average Bonchev–Trinajstić information content (AvgIpc) is 2.94. The van der Waals surface area contributed by atoms with Gasteiger partial charge in [-0.2, -0.15) is 0 Å². The zero-order chi connectivity index (χ0) is 21.2. The highest BCUT2D eigenvalue weighted by Crippen LogP contribution is 2.33. The van der Waals surface area contributed by atoms with E-state index in [0.717, 1.165) is 10.6 Å². The number of carbonyl (C=O) groups excluding carboxylic acids is 3. The Hall–Kier alpha value is -2.86. The van der Waals surface area contributed by atoms with Crippen LogP contribution in [0.25, 0.3) is 0 Å². The Balaban J connectivity index is 1.87. The Kier molecular flexibility index (Phi) is 5.94. The molecule has 4 amide bonds. The fourth-order valence-corrected chi connectivity index (χ4v) is 3.80. The molecule has 3 rings (SSSR count). The normalized spacial score (nSPS) is 18.9. The van der Waals surface area contributed by atoms with Gasteiger partial charge in [0.25, 0.3) is 5.91 Å². The van der Waals surface area contributed by atoms with Crippen molar-refractivity contribution in [3.05, 3.63) is 65.2 Å². The smallest absolute Gasteiger partial charge is 0.319 e. The third kappa shape index (κ3) is 3.85. The van der Waals surface area contributed by atoms with E-state index in [4.69, 9.17) is 11.6 Å². The second kappa shape index (κ2) is 8.25. The van der Waals surface area contributed by atoms with Crippen LogP contribution in [-0.2, 0) is 15.1 Å². The SMILES string of the molecule is CCC1(c2ccc(Cl)cc2)NC(=O)N(CC(=O)N(c2ccccc2)C(C)C)C1=O. The molecule has 1 unspecified atom stereocenters. The van der Waals surface area contributed by atoms with Gasteiger partial charge in [-0.1, -0.05) is 48.9 Å². The lowest BCUT2D eigenvalue weighted by Crippen LogP contribution is -2.47. The molecule has 0 saturated carbocycles. The molecule has 152 valence electrons. The number of hydrogen-bond acceptors (Lipinski definition) is 3. The summed E-state index contributed by atoms with van der Waals surface area (Å²) in [5, 5.41) is 3.33. The fraction of sp³-hybridized carbons (Fsp3) is 0.318. The van der Waals surface area contributed by atoms with Crippen molar-refractivity contribution in [3.8, 4) is 0 Å². The maximum atomic E-state index is 13.3. The van der Waals surface area contributed by atoms with Crippen LogP contribution >= 0.6 is 11.6 Å². The summed E-state index contributed by atoms with van der Waals surface area (Å²) >= 11 is 5.96. The van der Waals surface area contributed by atoms with Gasteiger partial charge in [0.15, 0.2) is 0 Å². The fourth-order valence-electron chi connectivity index (χ4n) is 3.67. The van der Waals surface area contributed by atoms with Gasteiger partial charge in [0.1, 0.15) is 12.1 Å². The van der Waals surface area contributed by atoms with E-state index in [-0.39, 0.29) is 18.5 Å². The molecule has 29 heavy (non-hydrogen) atoms. The molecule has 0 aliphatic carbocycles. The van der Waals surface area contributed by atoms with Crippen molar-refractivity contribution >= 4 is 35.1 Å². The van der Waals surface area contributed by atoms with Crippen LogP contribution in [0.5, 0.6) is 0 Å². The number of halogens is 1. The number of carbonyl (C=O) groups is 3. The third-order valence-corrected chi connectivity index (χ3v) is 5.41. The van der Waals surface area contributed by atoms with Crippen molar-refractivity contribution in [2.24, 2.45) is 0 Å². The number of urea groups is 1. The van der Waals surface area contributed by atoms with Crippen molar-refractivity contribution in [1.82, 2.24) is 10.2 Å². The average molecular weight is 414 g/mol. The van der Waals surface area contributed by atoms with E-state index in [1.165, 1.54) is 0 Å². The minimum Gasteiger partial charge on any atom is -0.319 e. The van der Waals surface area contributed by atoms with Crippen LogP contribution in [0.4, 0.5) is 10.5 Å². The van der Waals surface area contributed by atoms with Crippen LogP contribution in [0.3, 0.4) is 0 Å². The molecular formula is C22H24ClN3O3. The number of amides is 4. The van der Waals surface area contributed by atoms with Crippen molar-refractivity contribution < 1.29 is 14.4 Å². The van der Waals surface area contributed by atoms with Crippen LogP contribution in [0.1, 0.15) is 32.8 Å². The van der Waals surface area contributed by atoms with Crippen molar-refractivity contribution in [1.29, 1.82) is 0 Å². The van der Waals surface area contributed by atoms with Gasteiger partial charge in [-0.25, -0.2) is 4.79 Å². The first kappa shape index (κ1) is 20.9. The highest BCUT2D eigenvalue weighted by Gasteiger charge is 2.51. The number of nitrogens with zero attached hydrogens (tertiary/aromatic N) is 2. The Morgan fingerprint density at radius 2 is 1.72 bits per heavy atom. The lowest BCUT2D eigenvalue weighted by molar-refractivity contribution is -0.134. The summed E-state index contributed by atoms with van der Waals surface area (Å²) in [6.45, 7) is 5.28. The molecule has 1 aliphatic rings. The van der Waals surface area contributed by atoms with Gasteiger partial charge in [0, 0.05) is 16.8 Å². The van der Waals surface area contributed by atoms with Gasteiger partial charge in [-0.15, -0.1) is 0 Å². The molecule has 1 aliphatic heterocycles. The van der Waals surface area contributed by atoms with Gasteiger partial charge in [0.2, 0.25) is 5.91 Å². The minimum atomic E-state index is -1.20. The summed E-state index contributed by atoms with van der Waals surface area (Å²) < 4.78 is 0. The van der Waals surface area contributed by atoms with Crippen molar-refractivity contribution in [2.75, 3.05) is 11.4 Å². The van der Waals surface area contributed by atoms with E-state index in [1.807, 2.05) is 51.1 Å². The standard InChI is InChI=1S/C22H24ClN3O3/c1-4-22(16-10-12-17(23)13-11-16)20(28)25(21(29)24-22)14-19(27)26(15(2)3)18-8-6-5-7-9-18/h5-13,15H,4,14H2,1-3H3,(H,24,29). The second-order valence-electron chi connectivity index (χ2n) is 7.28. The monoisotopic (exact) mass is 413 g/mol. The Morgan fingerprint density at radius 3 is 2.28 bits per heavy atom. The molecule has 0 spiro atoms. The number of anilines is 1. The molecule has 0 aromatic heterocycles. The van der Waals surface area contributed by atoms with Crippen molar-refractivity contribution in [2.45, 2.75) is 38.8 Å². The molecule has 1 atom stereocenters. The predicted molar refractivity (Wildman–Crippen MR) is 113 cm³/mol. The summed E-state index contributed by atoms with van der Waals surface area (Å²) in [5.41, 5.74) is 0.164.